The summed E-state index contributed by atoms with van der Waals surface area (Å²) in [6, 6.07) is 0. The topological polar surface area (TPSA) is 88.6 Å². The van der Waals surface area contributed by atoms with Crippen molar-refractivity contribution in [2.24, 2.45) is 0 Å². The molecule has 7 nitrogen and oxygen atoms in total. The zero-order valence-electron chi connectivity index (χ0n) is 11.2. The zero-order chi connectivity index (χ0) is 13.5. The number of aromatic amines is 1. The van der Waals surface area contributed by atoms with Gasteiger partial charge >= 0.3 is 0 Å². The molecular weight excluding hydrogens is 256 g/mol. The van der Waals surface area contributed by atoms with Gasteiger partial charge in [-0.15, -0.1) is 0 Å². The highest BCUT2D eigenvalue weighted by Gasteiger charge is 2.07. The molecule has 0 aliphatic carbocycles. The van der Waals surface area contributed by atoms with Gasteiger partial charge in [0.05, 0.1) is 12.4 Å². The molecule has 110 valence electrons. The van der Waals surface area contributed by atoms with Crippen LogP contribution >= 0.6 is 0 Å². The first-order valence-electron chi connectivity index (χ1n) is 6.34. The summed E-state index contributed by atoms with van der Waals surface area (Å²) in [7, 11) is 0. The number of aryl methyl sites for hydroxylation is 1. The molecule has 0 unspecified atom stereocenters. The molecule has 0 aliphatic heterocycles. The van der Waals surface area contributed by atoms with E-state index in [1.165, 1.54) is 0 Å². The minimum atomic E-state index is 0. The predicted octanol–water partition coefficient (Wildman–Crippen LogP) is 2.33. The van der Waals surface area contributed by atoms with E-state index in [2.05, 4.69) is 37.6 Å². The standard InChI is InChI=1S/C12H18N6O.CH4/c1-3-4-5-13-12-11(7-14-9(2)16-12)19-8-10-6-15-18-17-10;/h6-7H,3-5,8H2,1-2H3,(H,13,14,16)(H,15,17,18);1H4. The van der Waals surface area contributed by atoms with E-state index in [0.29, 0.717) is 18.2 Å². The monoisotopic (exact) mass is 278 g/mol. The number of hydrogen-bond donors (Lipinski definition) is 2. The van der Waals surface area contributed by atoms with Gasteiger partial charge < -0.3 is 10.1 Å². The van der Waals surface area contributed by atoms with Crippen LogP contribution in [0.4, 0.5) is 5.82 Å². The summed E-state index contributed by atoms with van der Waals surface area (Å²) in [6.45, 7) is 5.21. The molecule has 0 atom stereocenters. The van der Waals surface area contributed by atoms with Crippen LogP contribution in [0.25, 0.3) is 0 Å². The van der Waals surface area contributed by atoms with Crippen LogP contribution in [0.1, 0.15) is 38.7 Å². The van der Waals surface area contributed by atoms with E-state index in [0.717, 1.165) is 30.9 Å². The maximum Gasteiger partial charge on any atom is 0.180 e. The quantitative estimate of drug-likeness (QED) is 0.756. The molecule has 0 amide bonds. The maximum absolute atomic E-state index is 5.66. The van der Waals surface area contributed by atoms with Crippen LogP contribution in [0.15, 0.2) is 12.4 Å². The van der Waals surface area contributed by atoms with E-state index < -0.39 is 0 Å². The van der Waals surface area contributed by atoms with Gasteiger partial charge in [0, 0.05) is 6.54 Å². The molecule has 2 aromatic rings. The van der Waals surface area contributed by atoms with Crippen molar-refractivity contribution in [3.05, 3.63) is 23.9 Å². The zero-order valence-corrected chi connectivity index (χ0v) is 11.2. The first-order chi connectivity index (χ1) is 9.29. The first-order valence-corrected chi connectivity index (χ1v) is 6.34. The molecule has 0 bridgehead atoms. The molecule has 0 aliphatic rings. The first kappa shape index (κ1) is 15.9. The fraction of sp³-hybridized carbons (Fsp3) is 0.538. The van der Waals surface area contributed by atoms with Crippen molar-refractivity contribution in [1.29, 1.82) is 0 Å². The normalized spacial score (nSPS) is 9.90. The second kappa shape index (κ2) is 8.08. The second-order valence-corrected chi connectivity index (χ2v) is 4.16. The third-order valence-electron chi connectivity index (χ3n) is 2.54. The van der Waals surface area contributed by atoms with E-state index in [9.17, 15) is 0 Å². The van der Waals surface area contributed by atoms with Gasteiger partial charge in [0.15, 0.2) is 11.6 Å². The molecule has 2 N–H and O–H groups in total. The Bertz CT molecular complexity index is 500. The second-order valence-electron chi connectivity index (χ2n) is 4.16. The molecular formula is C13H22N6O. The lowest BCUT2D eigenvalue weighted by molar-refractivity contribution is 0.300. The minimum absolute atomic E-state index is 0. The van der Waals surface area contributed by atoms with Gasteiger partial charge in [-0.1, -0.05) is 20.8 Å². The smallest absolute Gasteiger partial charge is 0.180 e. The van der Waals surface area contributed by atoms with Crippen molar-refractivity contribution < 1.29 is 4.74 Å². The molecule has 0 aromatic carbocycles. The summed E-state index contributed by atoms with van der Waals surface area (Å²) in [4.78, 5) is 8.50. The number of aromatic nitrogens is 5. The Morgan fingerprint density at radius 1 is 1.35 bits per heavy atom. The van der Waals surface area contributed by atoms with Crippen LogP contribution in [0.3, 0.4) is 0 Å². The number of hydrogen-bond acceptors (Lipinski definition) is 6. The van der Waals surface area contributed by atoms with Gasteiger partial charge in [-0.25, -0.2) is 9.97 Å². The number of nitrogens with zero attached hydrogens (tertiary/aromatic N) is 4. The van der Waals surface area contributed by atoms with Crippen molar-refractivity contribution in [3.8, 4) is 5.75 Å². The van der Waals surface area contributed by atoms with Crippen molar-refractivity contribution in [2.75, 3.05) is 11.9 Å². The number of ether oxygens (including phenoxy) is 1. The SMILES string of the molecule is C.CCCCNc1nc(C)ncc1OCc1cn[nH]n1. The molecule has 2 rings (SSSR count). The average molecular weight is 278 g/mol. The minimum Gasteiger partial charge on any atom is -0.482 e. The summed E-state index contributed by atoms with van der Waals surface area (Å²) < 4.78 is 5.66. The Hall–Kier alpha value is -2.18. The summed E-state index contributed by atoms with van der Waals surface area (Å²) in [5.41, 5.74) is 0.736. The van der Waals surface area contributed by atoms with E-state index in [1.54, 1.807) is 12.4 Å². The molecule has 0 fully saturated rings. The Balaban J connectivity index is 0.00000200. The van der Waals surface area contributed by atoms with Crippen molar-refractivity contribution in [2.45, 2.75) is 40.7 Å². The molecule has 0 radical (unpaired) electrons. The fourth-order valence-corrected chi connectivity index (χ4v) is 1.52. The summed E-state index contributed by atoms with van der Waals surface area (Å²) in [6.07, 6.45) is 5.52. The molecule has 0 saturated heterocycles. The summed E-state index contributed by atoms with van der Waals surface area (Å²) in [5.74, 6) is 2.07. The van der Waals surface area contributed by atoms with E-state index in [-0.39, 0.29) is 7.43 Å². The fourth-order valence-electron chi connectivity index (χ4n) is 1.52. The average Bonchev–Trinajstić information content (AvgIpc) is 2.91. The van der Waals surface area contributed by atoms with Gasteiger partial charge in [-0.3, -0.25) is 0 Å². The van der Waals surface area contributed by atoms with Crippen LogP contribution in [0.2, 0.25) is 0 Å². The van der Waals surface area contributed by atoms with Crippen molar-refractivity contribution in [1.82, 2.24) is 25.4 Å². The number of nitrogens with one attached hydrogen (secondary N) is 2. The molecule has 20 heavy (non-hydrogen) atoms. The highest BCUT2D eigenvalue weighted by Crippen LogP contribution is 2.21. The van der Waals surface area contributed by atoms with Gasteiger partial charge in [0.1, 0.15) is 18.1 Å². The number of unbranched alkanes of at least 4 members (excludes halogenated alkanes) is 1. The highest BCUT2D eigenvalue weighted by molar-refractivity contribution is 5.48. The molecule has 0 saturated carbocycles. The van der Waals surface area contributed by atoms with Crippen molar-refractivity contribution in [3.63, 3.8) is 0 Å². The van der Waals surface area contributed by atoms with Crippen LogP contribution in [-0.4, -0.2) is 31.9 Å². The summed E-state index contributed by atoms with van der Waals surface area (Å²) in [5, 5.41) is 13.5. The maximum atomic E-state index is 5.66. The van der Waals surface area contributed by atoms with Gasteiger partial charge in [-0.05, 0) is 13.3 Å². The van der Waals surface area contributed by atoms with Crippen molar-refractivity contribution >= 4 is 5.82 Å². The molecule has 0 spiro atoms. The van der Waals surface area contributed by atoms with Crippen LogP contribution < -0.4 is 10.1 Å². The van der Waals surface area contributed by atoms with Gasteiger partial charge in [0.25, 0.3) is 0 Å². The number of rotatable bonds is 7. The molecule has 7 heteroatoms. The Labute approximate surface area is 119 Å². The van der Waals surface area contributed by atoms with E-state index in [4.69, 9.17) is 4.74 Å². The van der Waals surface area contributed by atoms with E-state index >= 15 is 0 Å². The lowest BCUT2D eigenvalue weighted by Gasteiger charge is -2.11. The number of H-pyrrole nitrogens is 1. The Morgan fingerprint density at radius 2 is 2.20 bits per heavy atom. The highest BCUT2D eigenvalue weighted by atomic mass is 16.5. The van der Waals surface area contributed by atoms with Gasteiger partial charge in [0.2, 0.25) is 0 Å². The predicted molar refractivity (Wildman–Crippen MR) is 77.6 cm³/mol. The number of anilines is 1. The molecule has 2 heterocycles. The third-order valence-corrected chi connectivity index (χ3v) is 2.54. The Kier molecular flexibility index (Phi) is 6.42. The van der Waals surface area contributed by atoms with E-state index in [1.807, 2.05) is 6.92 Å². The molecule has 2 aromatic heterocycles. The van der Waals surface area contributed by atoms with Crippen LogP contribution in [0.5, 0.6) is 5.75 Å². The lowest BCUT2D eigenvalue weighted by atomic mass is 10.3. The van der Waals surface area contributed by atoms with Gasteiger partial charge in [-0.2, -0.15) is 15.4 Å². The largest absolute Gasteiger partial charge is 0.482 e. The van der Waals surface area contributed by atoms with Crippen LogP contribution in [0, 0.1) is 6.92 Å². The summed E-state index contributed by atoms with van der Waals surface area (Å²) >= 11 is 0. The van der Waals surface area contributed by atoms with Crippen LogP contribution in [-0.2, 0) is 6.61 Å². The Morgan fingerprint density at radius 3 is 2.90 bits per heavy atom. The third kappa shape index (κ3) is 4.49. The lowest BCUT2D eigenvalue weighted by Crippen LogP contribution is -2.08.